The number of carbonyl (C=O) groups excluding carboxylic acids is 1. The van der Waals surface area contributed by atoms with E-state index in [1.807, 2.05) is 0 Å². The molecule has 3 aromatic rings. The molecule has 0 saturated heterocycles. The van der Waals surface area contributed by atoms with Crippen molar-refractivity contribution in [1.82, 2.24) is 15.0 Å². The van der Waals surface area contributed by atoms with E-state index in [-0.39, 0.29) is 10.4 Å². The topological polar surface area (TPSA) is 55.7 Å². The molecule has 0 aliphatic rings. The Bertz CT molecular complexity index is 829. The molecule has 0 aliphatic carbocycles. The first kappa shape index (κ1) is 13.6. The van der Waals surface area contributed by atoms with Gasteiger partial charge in [0, 0.05) is 24.2 Å². The molecule has 0 saturated carbocycles. The highest BCUT2D eigenvalue weighted by atomic mass is 32.1. The first-order valence-corrected chi connectivity index (χ1v) is 6.55. The van der Waals surface area contributed by atoms with Gasteiger partial charge in [0.1, 0.15) is 0 Å². The highest BCUT2D eigenvalue weighted by Gasteiger charge is 2.35. The van der Waals surface area contributed by atoms with Crippen molar-refractivity contribution in [3.63, 3.8) is 0 Å². The molecule has 0 radical (unpaired) electrons. The molecule has 0 amide bonds. The van der Waals surface area contributed by atoms with Crippen molar-refractivity contribution in [1.29, 1.82) is 0 Å². The van der Waals surface area contributed by atoms with Gasteiger partial charge in [-0.15, -0.1) is 11.3 Å². The van der Waals surface area contributed by atoms with E-state index in [1.165, 1.54) is 24.5 Å². The zero-order valence-electron chi connectivity index (χ0n) is 10.3. The Labute approximate surface area is 120 Å². The standard InChI is InChI=1S/C13H6F3N3OS/c14-13(15,16)12-19-6-10(21-12)11(20)7-1-2-8-9(5-7)18-4-3-17-8/h1-6H. The lowest BCUT2D eigenvalue weighted by atomic mass is 10.1. The molecular weight excluding hydrogens is 303 g/mol. The Hall–Kier alpha value is -2.35. The fraction of sp³-hybridized carbons (Fsp3) is 0.0769. The van der Waals surface area contributed by atoms with Crippen molar-refractivity contribution < 1.29 is 18.0 Å². The SMILES string of the molecule is O=C(c1ccc2nccnc2c1)c1cnc(C(F)(F)F)s1. The molecule has 2 aromatic heterocycles. The summed E-state index contributed by atoms with van der Waals surface area (Å²) in [5.41, 5.74) is 1.36. The third-order valence-electron chi connectivity index (χ3n) is 2.70. The summed E-state index contributed by atoms with van der Waals surface area (Å²) < 4.78 is 37.5. The average Bonchev–Trinajstić information content (AvgIpc) is 2.96. The minimum absolute atomic E-state index is 0.0643. The Morgan fingerprint density at radius 2 is 1.76 bits per heavy atom. The fourth-order valence-corrected chi connectivity index (χ4v) is 2.50. The highest BCUT2D eigenvalue weighted by molar-refractivity contribution is 7.14. The van der Waals surface area contributed by atoms with Crippen LogP contribution in [0.4, 0.5) is 13.2 Å². The molecule has 0 aliphatic heterocycles. The number of hydrogen-bond donors (Lipinski definition) is 0. The number of aromatic nitrogens is 3. The quantitative estimate of drug-likeness (QED) is 0.681. The van der Waals surface area contributed by atoms with Crippen LogP contribution in [0.3, 0.4) is 0 Å². The van der Waals surface area contributed by atoms with Gasteiger partial charge in [0.05, 0.1) is 15.9 Å². The number of rotatable bonds is 2. The minimum Gasteiger partial charge on any atom is -0.288 e. The van der Waals surface area contributed by atoms with Crippen molar-refractivity contribution in [3.8, 4) is 0 Å². The lowest BCUT2D eigenvalue weighted by molar-refractivity contribution is -0.137. The number of fused-ring (bicyclic) bond motifs is 1. The number of hydrogen-bond acceptors (Lipinski definition) is 5. The van der Waals surface area contributed by atoms with Crippen LogP contribution in [0.5, 0.6) is 0 Å². The fourth-order valence-electron chi connectivity index (χ4n) is 1.76. The number of alkyl halides is 3. The van der Waals surface area contributed by atoms with E-state index in [2.05, 4.69) is 15.0 Å². The van der Waals surface area contributed by atoms with Crippen molar-refractivity contribution in [2.75, 3.05) is 0 Å². The smallest absolute Gasteiger partial charge is 0.288 e. The van der Waals surface area contributed by atoms with E-state index < -0.39 is 17.0 Å². The molecule has 3 rings (SSSR count). The van der Waals surface area contributed by atoms with E-state index in [9.17, 15) is 18.0 Å². The second-order valence-corrected chi connectivity index (χ2v) is 5.15. The normalized spacial score (nSPS) is 11.8. The molecule has 2 heterocycles. The van der Waals surface area contributed by atoms with Gasteiger partial charge in [0.2, 0.25) is 5.78 Å². The second-order valence-electron chi connectivity index (χ2n) is 4.12. The van der Waals surface area contributed by atoms with Gasteiger partial charge in [-0.25, -0.2) is 4.98 Å². The molecule has 8 heteroatoms. The van der Waals surface area contributed by atoms with Gasteiger partial charge in [0.15, 0.2) is 5.01 Å². The van der Waals surface area contributed by atoms with Gasteiger partial charge in [-0.3, -0.25) is 14.8 Å². The van der Waals surface area contributed by atoms with Gasteiger partial charge in [-0.2, -0.15) is 13.2 Å². The lowest BCUT2D eigenvalue weighted by Gasteiger charge is -2.01. The van der Waals surface area contributed by atoms with E-state index >= 15 is 0 Å². The Kier molecular flexibility index (Phi) is 3.17. The summed E-state index contributed by atoms with van der Waals surface area (Å²) in [5, 5.41) is -1.04. The monoisotopic (exact) mass is 309 g/mol. The van der Waals surface area contributed by atoms with Gasteiger partial charge < -0.3 is 0 Å². The summed E-state index contributed by atoms with van der Waals surface area (Å²) in [7, 11) is 0. The summed E-state index contributed by atoms with van der Waals surface area (Å²) in [5.74, 6) is -0.518. The van der Waals surface area contributed by atoms with Crippen molar-refractivity contribution >= 4 is 28.2 Å². The number of benzene rings is 1. The van der Waals surface area contributed by atoms with Crippen LogP contribution in [0.15, 0.2) is 36.8 Å². The third-order valence-corrected chi connectivity index (χ3v) is 3.74. The average molecular weight is 309 g/mol. The molecule has 0 unspecified atom stereocenters. The number of halogens is 3. The summed E-state index contributed by atoms with van der Waals surface area (Å²) in [6.45, 7) is 0. The molecule has 4 nitrogen and oxygen atoms in total. The number of carbonyl (C=O) groups is 1. The van der Waals surface area contributed by atoms with Crippen LogP contribution >= 0.6 is 11.3 Å². The zero-order valence-corrected chi connectivity index (χ0v) is 11.1. The van der Waals surface area contributed by atoms with Crippen molar-refractivity contribution in [2.24, 2.45) is 0 Å². The minimum atomic E-state index is -4.54. The van der Waals surface area contributed by atoms with Gasteiger partial charge in [0.25, 0.3) is 0 Å². The largest absolute Gasteiger partial charge is 0.443 e. The number of thiazole rings is 1. The maximum atomic E-state index is 12.5. The Balaban J connectivity index is 1.98. The third kappa shape index (κ3) is 2.62. The van der Waals surface area contributed by atoms with Crippen molar-refractivity contribution in [2.45, 2.75) is 6.18 Å². The van der Waals surface area contributed by atoms with Crippen LogP contribution in [0, 0.1) is 0 Å². The number of nitrogens with zero attached hydrogens (tertiary/aromatic N) is 3. The van der Waals surface area contributed by atoms with Crippen LogP contribution in [0.1, 0.15) is 20.2 Å². The van der Waals surface area contributed by atoms with Crippen LogP contribution in [0.2, 0.25) is 0 Å². The molecule has 0 spiro atoms. The Morgan fingerprint density at radius 1 is 1.05 bits per heavy atom. The molecule has 0 bridgehead atoms. The molecule has 0 atom stereocenters. The summed E-state index contributed by atoms with van der Waals surface area (Å²) in [6.07, 6.45) is -0.609. The van der Waals surface area contributed by atoms with Gasteiger partial charge in [-0.1, -0.05) is 0 Å². The maximum Gasteiger partial charge on any atom is 0.443 e. The summed E-state index contributed by atoms with van der Waals surface area (Å²) in [4.78, 5) is 23.5. The lowest BCUT2D eigenvalue weighted by Crippen LogP contribution is -2.03. The predicted molar refractivity (Wildman–Crippen MR) is 70.1 cm³/mol. The summed E-state index contributed by atoms with van der Waals surface area (Å²) in [6, 6.07) is 4.60. The Morgan fingerprint density at radius 3 is 2.43 bits per heavy atom. The molecule has 106 valence electrons. The first-order chi connectivity index (χ1) is 9.95. The molecule has 0 N–H and O–H groups in total. The van der Waals surface area contributed by atoms with Crippen LogP contribution < -0.4 is 0 Å². The molecule has 1 aromatic carbocycles. The molecular formula is C13H6F3N3OS. The van der Waals surface area contributed by atoms with Gasteiger partial charge in [-0.05, 0) is 18.2 Å². The highest BCUT2D eigenvalue weighted by Crippen LogP contribution is 2.33. The first-order valence-electron chi connectivity index (χ1n) is 5.73. The van der Waals surface area contributed by atoms with E-state index in [0.29, 0.717) is 22.4 Å². The van der Waals surface area contributed by atoms with Crippen molar-refractivity contribution in [3.05, 3.63) is 52.2 Å². The van der Waals surface area contributed by atoms with Gasteiger partial charge >= 0.3 is 6.18 Å². The van der Waals surface area contributed by atoms with E-state index in [4.69, 9.17) is 0 Å². The number of ketones is 1. The summed E-state index contributed by atoms with van der Waals surface area (Å²) >= 11 is 0.326. The van der Waals surface area contributed by atoms with Crippen LogP contribution in [0.25, 0.3) is 11.0 Å². The van der Waals surface area contributed by atoms with E-state index in [0.717, 1.165) is 6.20 Å². The van der Waals surface area contributed by atoms with Crippen LogP contribution in [-0.2, 0) is 6.18 Å². The molecule has 0 fully saturated rings. The molecule has 21 heavy (non-hydrogen) atoms. The maximum absolute atomic E-state index is 12.5. The zero-order chi connectivity index (χ0) is 15.0. The van der Waals surface area contributed by atoms with Crippen LogP contribution in [-0.4, -0.2) is 20.7 Å². The van der Waals surface area contributed by atoms with E-state index in [1.54, 1.807) is 6.07 Å². The predicted octanol–water partition coefficient (Wildman–Crippen LogP) is 3.34. The second kappa shape index (κ2) is 4.88.